The van der Waals surface area contributed by atoms with Crippen LogP contribution >= 0.6 is 23.1 Å². The van der Waals surface area contributed by atoms with E-state index in [-0.39, 0.29) is 5.56 Å². The van der Waals surface area contributed by atoms with Crippen LogP contribution in [0.4, 0.5) is 8.78 Å². The molecule has 0 bridgehead atoms. The number of aromatic nitrogens is 2. The molecule has 1 atom stereocenters. The predicted octanol–water partition coefficient (Wildman–Crippen LogP) is 6.46. The molecule has 0 radical (unpaired) electrons. The molecule has 3 aromatic rings. The van der Waals surface area contributed by atoms with Crippen LogP contribution in [0.3, 0.4) is 0 Å². The molecule has 0 aliphatic rings. The molecule has 0 spiro atoms. The first-order chi connectivity index (χ1) is 11.6. The van der Waals surface area contributed by atoms with Gasteiger partial charge in [-0.1, -0.05) is 39.5 Å². The third-order valence-electron chi connectivity index (χ3n) is 4.41. The zero-order valence-corrected chi connectivity index (χ0v) is 15.4. The van der Waals surface area contributed by atoms with Crippen LogP contribution in [-0.4, -0.2) is 8.75 Å². The first-order valence-electron chi connectivity index (χ1n) is 8.32. The number of hydrogen-bond donors (Lipinski definition) is 0. The minimum Gasteiger partial charge on any atom is -0.204 e. The molecule has 0 saturated heterocycles. The summed E-state index contributed by atoms with van der Waals surface area (Å²) < 4.78 is 36.4. The molecule has 24 heavy (non-hydrogen) atoms. The average molecular weight is 367 g/mol. The third kappa shape index (κ3) is 3.49. The summed E-state index contributed by atoms with van der Waals surface area (Å²) in [5.41, 5.74) is 2.30. The van der Waals surface area contributed by atoms with E-state index in [0.29, 0.717) is 17.0 Å². The second kappa shape index (κ2) is 7.66. The van der Waals surface area contributed by atoms with E-state index < -0.39 is 11.6 Å². The molecule has 1 unspecified atom stereocenters. The van der Waals surface area contributed by atoms with E-state index in [9.17, 15) is 8.78 Å². The summed E-state index contributed by atoms with van der Waals surface area (Å²) >= 11 is 2.43. The number of thiophene rings is 1. The van der Waals surface area contributed by atoms with E-state index in [1.807, 2.05) is 6.07 Å². The van der Waals surface area contributed by atoms with E-state index in [2.05, 4.69) is 28.0 Å². The maximum absolute atomic E-state index is 14.4. The number of unbranched alkanes of at least 4 members (excludes halogenated alkanes) is 1. The van der Waals surface area contributed by atoms with E-state index in [0.717, 1.165) is 35.5 Å². The van der Waals surface area contributed by atoms with Gasteiger partial charge in [0.25, 0.3) is 0 Å². The number of nitrogens with zero attached hydrogens (tertiary/aromatic N) is 2. The van der Waals surface area contributed by atoms with Crippen molar-refractivity contribution >= 4 is 34.1 Å². The van der Waals surface area contributed by atoms with Crippen LogP contribution in [0.1, 0.15) is 45.1 Å². The van der Waals surface area contributed by atoms with Crippen molar-refractivity contribution in [2.75, 3.05) is 0 Å². The highest BCUT2D eigenvalue weighted by molar-refractivity contribution is 7.13. The lowest BCUT2D eigenvalue weighted by molar-refractivity contribution is 0.449. The van der Waals surface area contributed by atoms with Gasteiger partial charge >= 0.3 is 0 Å². The minimum atomic E-state index is -0.866. The Hall–Kier alpha value is -1.40. The summed E-state index contributed by atoms with van der Waals surface area (Å²) in [4.78, 5) is 0.727. The van der Waals surface area contributed by atoms with Crippen LogP contribution in [0.25, 0.3) is 21.5 Å². The fraction of sp³-hybridized carbons (Fsp3) is 0.444. The average Bonchev–Trinajstić information content (AvgIpc) is 3.22. The molecule has 0 aliphatic carbocycles. The van der Waals surface area contributed by atoms with Gasteiger partial charge < -0.3 is 0 Å². The summed E-state index contributed by atoms with van der Waals surface area (Å²) in [6, 6.07) is 3.10. The largest absolute Gasteiger partial charge is 0.204 e. The summed E-state index contributed by atoms with van der Waals surface area (Å²) in [6.45, 7) is 4.42. The van der Waals surface area contributed by atoms with E-state index in [4.69, 9.17) is 0 Å². The SMILES string of the molecule is CCCCC(CC)Cc1csc(-c2c(F)c(F)cc3nsnc23)c1. The van der Waals surface area contributed by atoms with Crippen molar-refractivity contribution in [1.82, 2.24) is 8.75 Å². The Labute approximate surface area is 148 Å². The highest BCUT2D eigenvalue weighted by Crippen LogP contribution is 2.36. The lowest BCUT2D eigenvalue weighted by Crippen LogP contribution is -2.02. The standard InChI is InChI=1S/C18H20F2N2S2/c1-3-5-6-11(4-2)7-12-8-15(23-10-12)16-17(20)13(19)9-14-18(16)22-24-21-14/h8-11H,3-7H2,1-2H3. The molecule has 3 rings (SSSR count). The van der Waals surface area contributed by atoms with Gasteiger partial charge in [0.05, 0.1) is 17.3 Å². The van der Waals surface area contributed by atoms with Gasteiger partial charge in [-0.15, -0.1) is 11.3 Å². The lowest BCUT2D eigenvalue weighted by Gasteiger charge is -2.12. The summed E-state index contributed by atoms with van der Waals surface area (Å²) in [7, 11) is 0. The topological polar surface area (TPSA) is 25.8 Å². The van der Waals surface area contributed by atoms with Crippen molar-refractivity contribution < 1.29 is 8.78 Å². The Morgan fingerprint density at radius 1 is 1.17 bits per heavy atom. The van der Waals surface area contributed by atoms with Gasteiger partial charge in [0.2, 0.25) is 0 Å². The number of rotatable bonds is 7. The number of benzene rings is 1. The summed E-state index contributed by atoms with van der Waals surface area (Å²) in [6.07, 6.45) is 5.78. The van der Waals surface area contributed by atoms with E-state index in [1.54, 1.807) is 0 Å². The van der Waals surface area contributed by atoms with Crippen molar-refractivity contribution in [3.05, 3.63) is 34.7 Å². The molecule has 0 N–H and O–H groups in total. The molecule has 0 fully saturated rings. The molecule has 2 aromatic heterocycles. The fourth-order valence-electron chi connectivity index (χ4n) is 2.99. The molecule has 2 heterocycles. The van der Waals surface area contributed by atoms with Gasteiger partial charge in [0.15, 0.2) is 11.6 Å². The van der Waals surface area contributed by atoms with Crippen LogP contribution in [0, 0.1) is 17.6 Å². The Morgan fingerprint density at radius 2 is 2.00 bits per heavy atom. The fourth-order valence-corrected chi connectivity index (χ4v) is 4.49. The number of halogens is 2. The third-order valence-corrected chi connectivity index (χ3v) is 5.95. The molecule has 0 aliphatic heterocycles. The second-order valence-electron chi connectivity index (χ2n) is 6.12. The van der Waals surface area contributed by atoms with Gasteiger partial charge in [0, 0.05) is 10.9 Å². The first-order valence-corrected chi connectivity index (χ1v) is 9.93. The summed E-state index contributed by atoms with van der Waals surface area (Å²) in [5.74, 6) is -1.05. The van der Waals surface area contributed by atoms with Gasteiger partial charge in [-0.25, -0.2) is 8.78 Å². The molecule has 1 aromatic carbocycles. The minimum absolute atomic E-state index is 0.247. The number of fused-ring (bicyclic) bond motifs is 1. The van der Waals surface area contributed by atoms with Crippen LogP contribution in [-0.2, 0) is 6.42 Å². The van der Waals surface area contributed by atoms with Crippen LogP contribution in [0.5, 0.6) is 0 Å². The molecular formula is C18H20F2N2S2. The zero-order chi connectivity index (χ0) is 17.1. The normalized spacial score (nSPS) is 12.8. The monoisotopic (exact) mass is 366 g/mol. The van der Waals surface area contributed by atoms with Gasteiger partial charge in [-0.3, -0.25) is 0 Å². The maximum Gasteiger partial charge on any atom is 0.169 e. The molecular weight excluding hydrogens is 346 g/mol. The smallest absolute Gasteiger partial charge is 0.169 e. The Kier molecular flexibility index (Phi) is 5.56. The molecule has 6 heteroatoms. The van der Waals surface area contributed by atoms with E-state index >= 15 is 0 Å². The maximum atomic E-state index is 14.4. The quantitative estimate of drug-likeness (QED) is 0.480. The Balaban J connectivity index is 1.91. The van der Waals surface area contributed by atoms with Crippen molar-refractivity contribution in [3.63, 3.8) is 0 Å². The van der Waals surface area contributed by atoms with Crippen molar-refractivity contribution in [2.24, 2.45) is 5.92 Å². The van der Waals surface area contributed by atoms with Crippen molar-refractivity contribution in [1.29, 1.82) is 0 Å². The highest BCUT2D eigenvalue weighted by atomic mass is 32.1. The van der Waals surface area contributed by atoms with Gasteiger partial charge in [0.1, 0.15) is 11.0 Å². The second-order valence-corrected chi connectivity index (χ2v) is 7.56. The zero-order valence-electron chi connectivity index (χ0n) is 13.8. The lowest BCUT2D eigenvalue weighted by atomic mass is 9.93. The summed E-state index contributed by atoms with van der Waals surface area (Å²) in [5, 5.41) is 2.06. The Bertz CT molecular complexity index is 826. The van der Waals surface area contributed by atoms with Crippen LogP contribution in [0.2, 0.25) is 0 Å². The molecule has 0 amide bonds. The van der Waals surface area contributed by atoms with Gasteiger partial charge in [-0.05, 0) is 29.3 Å². The number of hydrogen-bond acceptors (Lipinski definition) is 4. The van der Waals surface area contributed by atoms with Crippen LogP contribution < -0.4 is 0 Å². The van der Waals surface area contributed by atoms with E-state index in [1.165, 1.54) is 36.2 Å². The van der Waals surface area contributed by atoms with Gasteiger partial charge in [-0.2, -0.15) is 8.75 Å². The Morgan fingerprint density at radius 3 is 2.75 bits per heavy atom. The molecule has 128 valence electrons. The molecule has 2 nitrogen and oxygen atoms in total. The highest BCUT2D eigenvalue weighted by Gasteiger charge is 2.20. The predicted molar refractivity (Wildman–Crippen MR) is 97.7 cm³/mol. The first kappa shape index (κ1) is 17.4. The molecule has 0 saturated carbocycles. The van der Waals surface area contributed by atoms with Crippen molar-refractivity contribution in [3.8, 4) is 10.4 Å². The van der Waals surface area contributed by atoms with Crippen molar-refractivity contribution in [2.45, 2.75) is 46.0 Å². The van der Waals surface area contributed by atoms with Crippen LogP contribution in [0.15, 0.2) is 17.5 Å².